The molecule has 0 aliphatic heterocycles. The highest BCUT2D eigenvalue weighted by Crippen LogP contribution is 2.38. The summed E-state index contributed by atoms with van der Waals surface area (Å²) in [6.45, 7) is 4.30. The molecule has 0 atom stereocenters. The van der Waals surface area contributed by atoms with E-state index < -0.39 is 5.97 Å². The van der Waals surface area contributed by atoms with Crippen LogP contribution < -0.4 is 5.32 Å². The Morgan fingerprint density at radius 3 is 2.96 bits per heavy atom. The molecule has 0 bridgehead atoms. The van der Waals surface area contributed by atoms with Crippen molar-refractivity contribution in [2.24, 2.45) is 5.41 Å². The number of hydrogen-bond acceptors (Lipinski definition) is 6. The summed E-state index contributed by atoms with van der Waals surface area (Å²) in [5.41, 5.74) is 3.79. The van der Waals surface area contributed by atoms with Gasteiger partial charge in [0.05, 0.1) is 10.4 Å². The third-order valence-electron chi connectivity index (χ3n) is 3.40. The number of anilines is 1. The summed E-state index contributed by atoms with van der Waals surface area (Å²) < 4.78 is 0. The predicted octanol–water partition coefficient (Wildman–Crippen LogP) is 3.44. The number of nitrogens with zero attached hydrogens (tertiary/aromatic N) is 3. The van der Waals surface area contributed by atoms with Crippen molar-refractivity contribution in [3.8, 4) is 0 Å². The van der Waals surface area contributed by atoms with E-state index in [2.05, 4.69) is 40.2 Å². The lowest BCUT2D eigenvalue weighted by molar-refractivity contribution is 0.0690. The molecule has 0 fully saturated rings. The molecule has 3 rings (SSSR count). The summed E-state index contributed by atoms with van der Waals surface area (Å²) in [5, 5.41) is 12.1. The zero-order valence-electron chi connectivity index (χ0n) is 12.8. The predicted molar refractivity (Wildman–Crippen MR) is 89.2 cm³/mol. The minimum Gasteiger partial charge on any atom is -0.477 e. The molecule has 7 heteroatoms. The van der Waals surface area contributed by atoms with Crippen LogP contribution in [0.5, 0.6) is 0 Å². The second-order valence-corrected chi connectivity index (χ2v) is 6.88. The summed E-state index contributed by atoms with van der Waals surface area (Å²) in [5.74, 6) is -0.803. The van der Waals surface area contributed by atoms with Gasteiger partial charge in [-0.15, -0.1) is 11.3 Å². The molecule has 0 amide bonds. The molecule has 0 radical (unpaired) electrons. The van der Waals surface area contributed by atoms with Crippen molar-refractivity contribution in [1.82, 2.24) is 15.0 Å². The zero-order valence-corrected chi connectivity index (χ0v) is 13.6. The maximum Gasteiger partial charge on any atom is 0.354 e. The van der Waals surface area contributed by atoms with Crippen molar-refractivity contribution in [1.29, 1.82) is 0 Å². The van der Waals surface area contributed by atoms with Gasteiger partial charge in [0.15, 0.2) is 5.69 Å². The minimum absolute atomic E-state index is 0.0270. The van der Waals surface area contributed by atoms with Crippen LogP contribution in [-0.2, 0) is 0 Å². The third-order valence-corrected chi connectivity index (χ3v) is 4.25. The van der Waals surface area contributed by atoms with Gasteiger partial charge in [0.1, 0.15) is 0 Å². The van der Waals surface area contributed by atoms with Crippen LogP contribution in [0.2, 0.25) is 0 Å². The summed E-state index contributed by atoms with van der Waals surface area (Å²) in [7, 11) is 0. The lowest BCUT2D eigenvalue weighted by Crippen LogP contribution is -2.16. The second-order valence-electron chi connectivity index (χ2n) is 6.00. The van der Waals surface area contributed by atoms with Gasteiger partial charge in [-0.05, 0) is 29.6 Å². The third kappa shape index (κ3) is 3.62. The van der Waals surface area contributed by atoms with Gasteiger partial charge in [-0.25, -0.2) is 14.8 Å². The van der Waals surface area contributed by atoms with Gasteiger partial charge < -0.3 is 10.4 Å². The van der Waals surface area contributed by atoms with Gasteiger partial charge in [0.2, 0.25) is 5.95 Å². The lowest BCUT2D eigenvalue weighted by Gasteiger charge is -2.27. The van der Waals surface area contributed by atoms with Crippen LogP contribution in [0.3, 0.4) is 0 Å². The van der Waals surface area contributed by atoms with Gasteiger partial charge in [-0.1, -0.05) is 19.9 Å². The molecule has 1 aliphatic carbocycles. The Balaban J connectivity index is 1.90. The average Bonchev–Trinajstić information content (AvgIpc) is 3.00. The van der Waals surface area contributed by atoms with E-state index in [0.717, 1.165) is 17.0 Å². The van der Waals surface area contributed by atoms with Crippen molar-refractivity contribution in [3.63, 3.8) is 0 Å². The van der Waals surface area contributed by atoms with Crippen LogP contribution in [0.4, 0.5) is 5.95 Å². The van der Waals surface area contributed by atoms with Crippen molar-refractivity contribution in [3.05, 3.63) is 52.4 Å². The summed E-state index contributed by atoms with van der Waals surface area (Å²) >= 11 is 1.60. The lowest BCUT2D eigenvalue weighted by atomic mass is 9.80. The molecule has 0 unspecified atom stereocenters. The van der Waals surface area contributed by atoms with Crippen molar-refractivity contribution in [2.45, 2.75) is 20.3 Å². The van der Waals surface area contributed by atoms with E-state index in [0.29, 0.717) is 0 Å². The maximum absolute atomic E-state index is 11.0. The molecular formula is C16H16N4O2S. The van der Waals surface area contributed by atoms with E-state index in [-0.39, 0.29) is 17.1 Å². The molecule has 0 saturated heterocycles. The van der Waals surface area contributed by atoms with Crippen LogP contribution >= 0.6 is 11.3 Å². The Bertz CT molecular complexity index is 794. The largest absolute Gasteiger partial charge is 0.477 e. The number of carboxylic acids is 1. The molecular weight excluding hydrogens is 312 g/mol. The SMILES string of the molecule is CC1(C)C=C(Nc2nccc(C(=O)O)n2)C=C(c2cncs2)C1. The quantitative estimate of drug-likeness (QED) is 0.894. The normalized spacial score (nSPS) is 16.4. The number of carbonyl (C=O) groups is 1. The Morgan fingerprint density at radius 1 is 1.43 bits per heavy atom. The Kier molecular flexibility index (Phi) is 3.96. The highest BCUT2D eigenvalue weighted by atomic mass is 32.1. The summed E-state index contributed by atoms with van der Waals surface area (Å²) in [6, 6.07) is 1.37. The molecule has 1 aliphatic rings. The summed E-state index contributed by atoms with van der Waals surface area (Å²) in [4.78, 5) is 24.4. The van der Waals surface area contributed by atoms with Gasteiger partial charge in [0, 0.05) is 18.1 Å². The number of allylic oxidation sites excluding steroid dienone is 3. The van der Waals surface area contributed by atoms with E-state index in [4.69, 9.17) is 5.11 Å². The monoisotopic (exact) mass is 328 g/mol. The molecule has 2 aromatic heterocycles. The molecule has 2 aromatic rings. The zero-order chi connectivity index (χ0) is 16.4. The first kappa shape index (κ1) is 15.4. The van der Waals surface area contributed by atoms with Crippen LogP contribution in [0.25, 0.3) is 5.57 Å². The smallest absolute Gasteiger partial charge is 0.354 e. The first-order valence-electron chi connectivity index (χ1n) is 7.09. The van der Waals surface area contributed by atoms with Gasteiger partial charge >= 0.3 is 5.97 Å². The Morgan fingerprint density at radius 2 is 2.26 bits per heavy atom. The number of carboxylic acid groups (broad SMARTS) is 1. The van der Waals surface area contributed by atoms with Crippen LogP contribution in [0, 0.1) is 5.41 Å². The maximum atomic E-state index is 11.0. The van der Waals surface area contributed by atoms with Crippen molar-refractivity contribution in [2.75, 3.05) is 5.32 Å². The summed E-state index contributed by atoms with van der Waals surface area (Å²) in [6.07, 6.45) is 8.35. The fraction of sp³-hybridized carbons (Fsp3) is 0.250. The standard InChI is InChI=1S/C16H16N4O2S/c1-16(2)6-10(13-8-17-9-23-13)5-11(7-16)19-15-18-4-3-12(20-15)14(21)22/h3-5,7-9H,6H2,1-2H3,(H,21,22)(H,18,19,20). The topological polar surface area (TPSA) is 88.0 Å². The Hall–Kier alpha value is -2.54. The van der Waals surface area contributed by atoms with Gasteiger partial charge in [-0.3, -0.25) is 4.98 Å². The fourth-order valence-electron chi connectivity index (χ4n) is 2.52. The van der Waals surface area contributed by atoms with Crippen molar-refractivity contribution < 1.29 is 9.90 Å². The molecule has 0 spiro atoms. The van der Waals surface area contributed by atoms with E-state index in [1.807, 2.05) is 17.8 Å². The molecule has 2 heterocycles. The van der Waals surface area contributed by atoms with E-state index in [1.54, 1.807) is 11.3 Å². The average molecular weight is 328 g/mol. The number of thiazole rings is 1. The molecule has 6 nitrogen and oxygen atoms in total. The highest BCUT2D eigenvalue weighted by Gasteiger charge is 2.24. The second kappa shape index (κ2) is 5.92. The number of aromatic nitrogens is 3. The first-order chi connectivity index (χ1) is 10.9. The molecule has 0 aromatic carbocycles. The van der Waals surface area contributed by atoms with E-state index in [1.165, 1.54) is 17.8 Å². The van der Waals surface area contributed by atoms with E-state index in [9.17, 15) is 4.79 Å². The fourth-order valence-corrected chi connectivity index (χ4v) is 3.15. The van der Waals surface area contributed by atoms with E-state index >= 15 is 0 Å². The first-order valence-corrected chi connectivity index (χ1v) is 7.97. The molecule has 2 N–H and O–H groups in total. The number of rotatable bonds is 4. The van der Waals surface area contributed by atoms with Gasteiger partial charge in [-0.2, -0.15) is 0 Å². The Labute approximate surface area is 137 Å². The van der Waals surface area contributed by atoms with Crippen LogP contribution in [0.1, 0.15) is 35.6 Å². The van der Waals surface area contributed by atoms with Crippen molar-refractivity contribution >= 4 is 28.8 Å². The highest BCUT2D eigenvalue weighted by molar-refractivity contribution is 7.10. The number of aromatic carboxylic acids is 1. The van der Waals surface area contributed by atoms with Crippen LogP contribution in [0.15, 0.2) is 41.8 Å². The number of hydrogen-bond donors (Lipinski definition) is 2. The number of nitrogens with one attached hydrogen (secondary N) is 1. The van der Waals surface area contributed by atoms with Gasteiger partial charge in [0.25, 0.3) is 0 Å². The minimum atomic E-state index is -1.07. The molecule has 23 heavy (non-hydrogen) atoms. The van der Waals surface area contributed by atoms with Crippen LogP contribution in [-0.4, -0.2) is 26.0 Å². The molecule has 118 valence electrons. The molecule has 0 saturated carbocycles.